The lowest BCUT2D eigenvalue weighted by Gasteiger charge is -2.25. The van der Waals surface area contributed by atoms with Crippen LogP contribution in [0, 0.1) is 5.92 Å². The van der Waals surface area contributed by atoms with Crippen LogP contribution in [-0.2, 0) is 11.2 Å². The number of amides is 1. The van der Waals surface area contributed by atoms with Crippen LogP contribution in [-0.4, -0.2) is 23.7 Å². The molecule has 0 aliphatic heterocycles. The summed E-state index contributed by atoms with van der Waals surface area (Å²) in [5.41, 5.74) is 1.07. The van der Waals surface area contributed by atoms with Crippen molar-refractivity contribution >= 4 is 16.7 Å². The van der Waals surface area contributed by atoms with Crippen molar-refractivity contribution in [3.63, 3.8) is 0 Å². The Labute approximate surface area is 131 Å². The summed E-state index contributed by atoms with van der Waals surface area (Å²) in [6.45, 7) is 0.681. The Morgan fingerprint density at radius 2 is 1.95 bits per heavy atom. The van der Waals surface area contributed by atoms with Crippen LogP contribution >= 0.6 is 0 Å². The van der Waals surface area contributed by atoms with Crippen molar-refractivity contribution in [1.82, 2.24) is 5.32 Å². The third-order valence-corrected chi connectivity index (χ3v) is 4.57. The minimum Gasteiger partial charge on any atom is -0.393 e. The van der Waals surface area contributed by atoms with Crippen LogP contribution in [0.15, 0.2) is 42.5 Å². The number of aliphatic hydroxyl groups excluding tert-OH is 1. The summed E-state index contributed by atoms with van der Waals surface area (Å²) in [7, 11) is 0. The standard InChI is InChI=1S/C19H23NO2/c21-17-9-3-5-14(11-17)13-20-19(22)12-16-8-4-7-15-6-1-2-10-18(15)16/h1-2,4,6-8,10,14,17,21H,3,5,9,11-13H2,(H,20,22). The van der Waals surface area contributed by atoms with Crippen LogP contribution in [0.1, 0.15) is 31.2 Å². The molecule has 0 spiro atoms. The van der Waals surface area contributed by atoms with Crippen molar-refractivity contribution < 1.29 is 9.90 Å². The molecule has 2 atom stereocenters. The SMILES string of the molecule is O=C(Cc1cccc2ccccc12)NCC1CCCC(O)C1. The monoisotopic (exact) mass is 297 g/mol. The maximum absolute atomic E-state index is 12.2. The zero-order chi connectivity index (χ0) is 15.4. The summed E-state index contributed by atoms with van der Waals surface area (Å²) in [6.07, 6.45) is 4.11. The molecule has 3 nitrogen and oxygen atoms in total. The number of benzene rings is 2. The maximum atomic E-state index is 12.2. The van der Waals surface area contributed by atoms with Crippen molar-refractivity contribution in [3.05, 3.63) is 48.0 Å². The number of rotatable bonds is 4. The maximum Gasteiger partial charge on any atom is 0.224 e. The molecule has 2 unspecified atom stereocenters. The third kappa shape index (κ3) is 3.66. The Morgan fingerprint density at radius 1 is 1.14 bits per heavy atom. The highest BCUT2D eigenvalue weighted by atomic mass is 16.3. The second-order valence-corrected chi connectivity index (χ2v) is 6.31. The van der Waals surface area contributed by atoms with Gasteiger partial charge in [0.2, 0.25) is 5.91 Å². The molecule has 116 valence electrons. The summed E-state index contributed by atoms with van der Waals surface area (Å²) in [5.74, 6) is 0.483. The van der Waals surface area contributed by atoms with Crippen molar-refractivity contribution in [3.8, 4) is 0 Å². The Hall–Kier alpha value is -1.87. The topological polar surface area (TPSA) is 49.3 Å². The van der Waals surface area contributed by atoms with Gasteiger partial charge in [0.15, 0.2) is 0 Å². The molecule has 0 radical (unpaired) electrons. The number of carbonyl (C=O) groups excluding carboxylic acids is 1. The zero-order valence-corrected chi connectivity index (χ0v) is 12.8. The smallest absolute Gasteiger partial charge is 0.224 e. The van der Waals surface area contributed by atoms with Crippen LogP contribution in [0.2, 0.25) is 0 Å². The fraction of sp³-hybridized carbons (Fsp3) is 0.421. The van der Waals surface area contributed by atoms with Crippen LogP contribution in [0.25, 0.3) is 10.8 Å². The van der Waals surface area contributed by atoms with E-state index < -0.39 is 0 Å². The minimum absolute atomic E-state index is 0.0661. The Kier molecular flexibility index (Phi) is 4.74. The van der Waals surface area contributed by atoms with Crippen LogP contribution < -0.4 is 5.32 Å². The fourth-order valence-electron chi connectivity index (χ4n) is 3.39. The molecular formula is C19H23NO2. The first-order chi connectivity index (χ1) is 10.7. The molecule has 22 heavy (non-hydrogen) atoms. The van der Waals surface area contributed by atoms with Crippen molar-refractivity contribution in [1.29, 1.82) is 0 Å². The first-order valence-electron chi connectivity index (χ1n) is 8.14. The van der Waals surface area contributed by atoms with E-state index in [9.17, 15) is 9.90 Å². The van der Waals surface area contributed by atoms with Crippen LogP contribution in [0.4, 0.5) is 0 Å². The average molecular weight is 297 g/mol. The lowest BCUT2D eigenvalue weighted by Crippen LogP contribution is -2.33. The first kappa shape index (κ1) is 15.0. The molecular weight excluding hydrogens is 274 g/mol. The summed E-state index contributed by atoms with van der Waals surface area (Å²) in [6, 6.07) is 14.2. The van der Waals surface area contributed by atoms with E-state index in [0.29, 0.717) is 18.9 Å². The molecule has 0 bridgehead atoms. The van der Waals surface area contributed by atoms with Gasteiger partial charge in [-0.2, -0.15) is 0 Å². The first-order valence-corrected chi connectivity index (χ1v) is 8.14. The van der Waals surface area contributed by atoms with Gasteiger partial charge in [0.05, 0.1) is 12.5 Å². The van der Waals surface area contributed by atoms with E-state index in [1.165, 1.54) is 5.39 Å². The van der Waals surface area contributed by atoms with Gasteiger partial charge < -0.3 is 10.4 Å². The summed E-state index contributed by atoms with van der Waals surface area (Å²) < 4.78 is 0. The van der Waals surface area contributed by atoms with Crippen molar-refractivity contribution in [2.45, 2.75) is 38.2 Å². The summed E-state index contributed by atoms with van der Waals surface area (Å²) >= 11 is 0. The van der Waals surface area contributed by atoms with Gasteiger partial charge >= 0.3 is 0 Å². The van der Waals surface area contributed by atoms with E-state index in [2.05, 4.69) is 23.5 Å². The third-order valence-electron chi connectivity index (χ3n) is 4.57. The second-order valence-electron chi connectivity index (χ2n) is 6.31. The van der Waals surface area contributed by atoms with Gasteiger partial charge in [0.25, 0.3) is 0 Å². The van der Waals surface area contributed by atoms with E-state index >= 15 is 0 Å². The fourth-order valence-corrected chi connectivity index (χ4v) is 3.39. The average Bonchev–Trinajstić information content (AvgIpc) is 2.53. The summed E-state index contributed by atoms with van der Waals surface area (Å²) in [5, 5.41) is 15.0. The molecule has 3 rings (SSSR count). The van der Waals surface area contributed by atoms with Gasteiger partial charge in [0, 0.05) is 6.54 Å². The number of carbonyl (C=O) groups is 1. The molecule has 1 amide bonds. The van der Waals surface area contributed by atoms with E-state index in [4.69, 9.17) is 0 Å². The molecule has 0 saturated heterocycles. The van der Waals surface area contributed by atoms with Gasteiger partial charge in [-0.15, -0.1) is 0 Å². The van der Waals surface area contributed by atoms with Gasteiger partial charge in [-0.05, 0) is 41.5 Å². The van der Waals surface area contributed by atoms with E-state index in [-0.39, 0.29) is 12.0 Å². The molecule has 2 aromatic carbocycles. The van der Waals surface area contributed by atoms with Crippen molar-refractivity contribution in [2.24, 2.45) is 5.92 Å². The molecule has 1 aliphatic rings. The molecule has 1 fully saturated rings. The molecule has 3 heteroatoms. The Bertz CT molecular complexity index is 647. The normalized spacial score (nSPS) is 21.7. The predicted molar refractivity (Wildman–Crippen MR) is 88.6 cm³/mol. The van der Waals surface area contributed by atoms with Crippen LogP contribution in [0.3, 0.4) is 0 Å². The van der Waals surface area contributed by atoms with Gasteiger partial charge in [-0.3, -0.25) is 4.79 Å². The Morgan fingerprint density at radius 3 is 2.82 bits per heavy atom. The van der Waals surface area contributed by atoms with Crippen LogP contribution in [0.5, 0.6) is 0 Å². The zero-order valence-electron chi connectivity index (χ0n) is 12.8. The number of fused-ring (bicyclic) bond motifs is 1. The minimum atomic E-state index is -0.186. The summed E-state index contributed by atoms with van der Waals surface area (Å²) in [4.78, 5) is 12.2. The number of nitrogens with one attached hydrogen (secondary N) is 1. The van der Waals surface area contributed by atoms with Gasteiger partial charge in [-0.25, -0.2) is 0 Å². The predicted octanol–water partition coefficient (Wildman–Crippen LogP) is 3.05. The molecule has 2 aromatic rings. The van der Waals surface area contributed by atoms with E-state index in [1.807, 2.05) is 24.3 Å². The van der Waals surface area contributed by atoms with Gasteiger partial charge in [0.1, 0.15) is 0 Å². The highest BCUT2D eigenvalue weighted by molar-refractivity contribution is 5.90. The molecule has 1 aliphatic carbocycles. The molecule has 1 saturated carbocycles. The molecule has 0 aromatic heterocycles. The highest BCUT2D eigenvalue weighted by Crippen LogP contribution is 2.23. The molecule has 2 N–H and O–H groups in total. The number of hydrogen-bond donors (Lipinski definition) is 2. The highest BCUT2D eigenvalue weighted by Gasteiger charge is 2.20. The van der Waals surface area contributed by atoms with E-state index in [1.54, 1.807) is 0 Å². The largest absolute Gasteiger partial charge is 0.393 e. The second kappa shape index (κ2) is 6.93. The van der Waals surface area contributed by atoms with Crippen molar-refractivity contribution in [2.75, 3.05) is 6.54 Å². The van der Waals surface area contributed by atoms with E-state index in [0.717, 1.165) is 36.6 Å². The lowest BCUT2D eigenvalue weighted by molar-refractivity contribution is -0.120. The van der Waals surface area contributed by atoms with Gasteiger partial charge in [-0.1, -0.05) is 48.9 Å². The Balaban J connectivity index is 1.59. The molecule has 0 heterocycles. The quantitative estimate of drug-likeness (QED) is 0.911. The lowest BCUT2D eigenvalue weighted by atomic mass is 9.87. The number of aliphatic hydroxyl groups is 1. The number of hydrogen-bond acceptors (Lipinski definition) is 2.